The van der Waals surface area contributed by atoms with Crippen LogP contribution in [0.3, 0.4) is 0 Å². The van der Waals surface area contributed by atoms with E-state index in [0.29, 0.717) is 17.5 Å². The van der Waals surface area contributed by atoms with E-state index in [2.05, 4.69) is 26.2 Å². The van der Waals surface area contributed by atoms with E-state index in [1.165, 1.54) is 16.6 Å². The van der Waals surface area contributed by atoms with Crippen molar-refractivity contribution < 1.29 is 9.53 Å². The predicted octanol–water partition coefficient (Wildman–Crippen LogP) is 3.36. The van der Waals surface area contributed by atoms with E-state index in [4.69, 9.17) is 4.74 Å². The summed E-state index contributed by atoms with van der Waals surface area (Å²) in [5, 5.41) is 14.6. The third kappa shape index (κ3) is 4.21. The molecule has 3 aromatic rings. The van der Waals surface area contributed by atoms with Crippen LogP contribution in [0, 0.1) is 13.8 Å². The summed E-state index contributed by atoms with van der Waals surface area (Å²) in [6.45, 7) is 6.34. The van der Waals surface area contributed by atoms with Crippen LogP contribution in [0.2, 0.25) is 0 Å². The van der Waals surface area contributed by atoms with Crippen molar-refractivity contribution >= 4 is 28.9 Å². The van der Waals surface area contributed by atoms with Crippen molar-refractivity contribution in [3.8, 4) is 0 Å². The maximum atomic E-state index is 12.9. The zero-order valence-corrected chi connectivity index (χ0v) is 17.6. The Kier molecular flexibility index (Phi) is 5.93. The molecule has 0 bridgehead atoms. The van der Waals surface area contributed by atoms with Crippen molar-refractivity contribution in [2.75, 3.05) is 12.4 Å². The highest BCUT2D eigenvalue weighted by Gasteiger charge is 2.21. The average Bonchev–Trinajstić information content (AvgIpc) is 3.47. The number of hydrogen-bond donors (Lipinski definition) is 0. The third-order valence-electron chi connectivity index (χ3n) is 5.00. The molecular formula is C19H23N5O2S2. The van der Waals surface area contributed by atoms with Crippen LogP contribution in [-0.4, -0.2) is 49.0 Å². The topological polar surface area (TPSA) is 74.8 Å². The molecular weight excluding hydrogens is 394 g/mol. The second kappa shape index (κ2) is 8.59. The fourth-order valence-electron chi connectivity index (χ4n) is 3.51. The van der Waals surface area contributed by atoms with E-state index < -0.39 is 0 Å². The molecule has 0 spiro atoms. The molecule has 0 aliphatic carbocycles. The molecule has 148 valence electrons. The minimum absolute atomic E-state index is 0.0994. The Morgan fingerprint density at radius 3 is 3.07 bits per heavy atom. The molecule has 0 saturated carbocycles. The maximum Gasteiger partial charge on any atom is 0.210 e. The molecule has 1 unspecified atom stereocenters. The van der Waals surface area contributed by atoms with Gasteiger partial charge in [-0.2, -0.15) is 0 Å². The molecule has 0 N–H and O–H groups in total. The standard InChI is InChI=1S/C19H23N5O2S2/c1-13-9-17(14(2)23(13)10-15-5-3-7-26-15)18(25)12-28-19-20-21-22-24(19)11-16-6-4-8-27-16/h4,6,8-9,15H,3,5,7,10-12H2,1-2H3. The summed E-state index contributed by atoms with van der Waals surface area (Å²) in [5.41, 5.74) is 2.89. The van der Waals surface area contributed by atoms with Gasteiger partial charge >= 0.3 is 0 Å². The number of tetrazole rings is 1. The Morgan fingerprint density at radius 1 is 1.43 bits per heavy atom. The quantitative estimate of drug-likeness (QED) is 0.413. The van der Waals surface area contributed by atoms with Gasteiger partial charge in [0, 0.05) is 35.0 Å². The number of carbonyl (C=O) groups is 1. The number of rotatable bonds is 8. The number of aromatic nitrogens is 5. The summed E-state index contributed by atoms with van der Waals surface area (Å²) >= 11 is 3.05. The fraction of sp³-hybridized carbons (Fsp3) is 0.474. The number of thioether (sulfide) groups is 1. The number of thiophene rings is 1. The molecule has 4 rings (SSSR count). The van der Waals surface area contributed by atoms with Crippen molar-refractivity contribution in [3.63, 3.8) is 0 Å². The molecule has 1 atom stereocenters. The lowest BCUT2D eigenvalue weighted by Crippen LogP contribution is -2.17. The highest BCUT2D eigenvalue weighted by molar-refractivity contribution is 7.99. The summed E-state index contributed by atoms with van der Waals surface area (Å²) in [6, 6.07) is 6.05. The van der Waals surface area contributed by atoms with Gasteiger partial charge in [-0.05, 0) is 54.6 Å². The van der Waals surface area contributed by atoms with Gasteiger partial charge in [-0.3, -0.25) is 4.79 Å². The minimum Gasteiger partial charge on any atom is -0.376 e. The predicted molar refractivity (Wildman–Crippen MR) is 109 cm³/mol. The fourth-order valence-corrected chi connectivity index (χ4v) is 4.96. The molecule has 0 radical (unpaired) electrons. The van der Waals surface area contributed by atoms with Gasteiger partial charge in [0.15, 0.2) is 5.78 Å². The first kappa shape index (κ1) is 19.4. The Balaban J connectivity index is 1.41. The van der Waals surface area contributed by atoms with Gasteiger partial charge in [-0.1, -0.05) is 17.8 Å². The minimum atomic E-state index is 0.0994. The second-order valence-electron chi connectivity index (χ2n) is 6.94. The molecule has 9 heteroatoms. The highest BCUT2D eigenvalue weighted by Crippen LogP contribution is 2.23. The van der Waals surface area contributed by atoms with Crippen LogP contribution in [-0.2, 0) is 17.8 Å². The number of ketones is 1. The van der Waals surface area contributed by atoms with E-state index >= 15 is 0 Å². The van der Waals surface area contributed by atoms with Crippen LogP contribution in [0.5, 0.6) is 0 Å². The van der Waals surface area contributed by atoms with Crippen molar-refractivity contribution in [2.24, 2.45) is 0 Å². The first-order valence-electron chi connectivity index (χ1n) is 9.34. The number of Topliss-reactive ketones (excluding diaryl/α,β-unsaturated/α-hetero) is 1. The highest BCUT2D eigenvalue weighted by atomic mass is 32.2. The molecule has 1 aliphatic rings. The molecule has 4 heterocycles. The molecule has 28 heavy (non-hydrogen) atoms. The summed E-state index contributed by atoms with van der Waals surface area (Å²) < 4.78 is 9.70. The smallest absolute Gasteiger partial charge is 0.210 e. The molecule has 3 aromatic heterocycles. The number of ether oxygens (including phenoxy) is 1. The van der Waals surface area contributed by atoms with Crippen molar-refractivity contribution in [1.29, 1.82) is 0 Å². The average molecular weight is 418 g/mol. The van der Waals surface area contributed by atoms with E-state index in [-0.39, 0.29) is 11.9 Å². The monoisotopic (exact) mass is 417 g/mol. The zero-order chi connectivity index (χ0) is 19.5. The van der Waals surface area contributed by atoms with Gasteiger partial charge in [-0.15, -0.1) is 16.4 Å². The van der Waals surface area contributed by atoms with Gasteiger partial charge < -0.3 is 9.30 Å². The van der Waals surface area contributed by atoms with Gasteiger partial charge in [0.05, 0.1) is 18.4 Å². The largest absolute Gasteiger partial charge is 0.376 e. The molecule has 1 fully saturated rings. The Hall–Kier alpha value is -1.97. The van der Waals surface area contributed by atoms with Crippen LogP contribution >= 0.6 is 23.1 Å². The molecule has 0 amide bonds. The Labute approximate surface area is 172 Å². The molecule has 1 aliphatic heterocycles. The Morgan fingerprint density at radius 2 is 2.32 bits per heavy atom. The van der Waals surface area contributed by atoms with E-state index in [1.54, 1.807) is 16.0 Å². The molecule has 7 nitrogen and oxygen atoms in total. The Bertz CT molecular complexity index is 942. The number of hydrogen-bond acceptors (Lipinski definition) is 7. The molecule has 1 saturated heterocycles. The third-order valence-corrected chi connectivity index (χ3v) is 6.82. The lowest BCUT2D eigenvalue weighted by atomic mass is 10.2. The van der Waals surface area contributed by atoms with Gasteiger partial charge in [0.1, 0.15) is 0 Å². The van der Waals surface area contributed by atoms with Crippen LogP contribution in [0.4, 0.5) is 0 Å². The summed E-state index contributed by atoms with van der Waals surface area (Å²) in [4.78, 5) is 14.0. The summed E-state index contributed by atoms with van der Waals surface area (Å²) in [6.07, 6.45) is 2.46. The van der Waals surface area contributed by atoms with Gasteiger partial charge in [0.25, 0.3) is 0 Å². The zero-order valence-electron chi connectivity index (χ0n) is 16.0. The van der Waals surface area contributed by atoms with E-state index in [0.717, 1.165) is 42.9 Å². The van der Waals surface area contributed by atoms with Gasteiger partial charge in [0.2, 0.25) is 5.16 Å². The van der Waals surface area contributed by atoms with E-state index in [9.17, 15) is 4.79 Å². The van der Waals surface area contributed by atoms with Crippen molar-refractivity contribution in [1.82, 2.24) is 24.8 Å². The first-order valence-corrected chi connectivity index (χ1v) is 11.2. The lowest BCUT2D eigenvalue weighted by Gasteiger charge is -2.14. The first-order chi connectivity index (χ1) is 13.6. The maximum absolute atomic E-state index is 12.9. The van der Waals surface area contributed by atoms with Crippen LogP contribution in [0.15, 0.2) is 28.7 Å². The van der Waals surface area contributed by atoms with Crippen molar-refractivity contribution in [2.45, 2.75) is 51.0 Å². The van der Waals surface area contributed by atoms with Crippen LogP contribution < -0.4 is 0 Å². The van der Waals surface area contributed by atoms with E-state index in [1.807, 2.05) is 31.4 Å². The molecule has 0 aromatic carbocycles. The van der Waals surface area contributed by atoms with Crippen LogP contribution in [0.1, 0.15) is 39.5 Å². The number of carbonyl (C=O) groups excluding carboxylic acids is 1. The normalized spacial score (nSPS) is 16.7. The summed E-state index contributed by atoms with van der Waals surface area (Å²) in [7, 11) is 0. The second-order valence-corrected chi connectivity index (χ2v) is 8.92. The van der Waals surface area contributed by atoms with Crippen LogP contribution in [0.25, 0.3) is 0 Å². The van der Waals surface area contributed by atoms with Crippen molar-refractivity contribution in [3.05, 3.63) is 45.4 Å². The SMILES string of the molecule is Cc1cc(C(=O)CSc2nnnn2Cc2cccs2)c(C)n1CC1CCCO1. The summed E-state index contributed by atoms with van der Waals surface area (Å²) in [5.74, 6) is 0.414. The number of aryl methyl sites for hydroxylation is 1. The van der Waals surface area contributed by atoms with Gasteiger partial charge in [-0.25, -0.2) is 4.68 Å². The lowest BCUT2D eigenvalue weighted by molar-refractivity contribution is 0.0957. The number of nitrogens with zero attached hydrogens (tertiary/aromatic N) is 5.